The number of nitrogens with one attached hydrogen (secondary N) is 4. The maximum atomic E-state index is 13.2. The molecule has 1 fully saturated rings. The molecule has 1 aliphatic rings. The van der Waals surface area contributed by atoms with E-state index in [1.165, 1.54) is 7.11 Å². The lowest BCUT2D eigenvalue weighted by Gasteiger charge is -2.32. The number of rotatable bonds is 18. The van der Waals surface area contributed by atoms with Crippen LogP contribution in [0.2, 0.25) is 0 Å². The Morgan fingerprint density at radius 1 is 0.770 bits per heavy atom. The van der Waals surface area contributed by atoms with Crippen LogP contribution in [0.5, 0.6) is 5.75 Å². The Labute approximate surface area is 352 Å². The zero-order valence-electron chi connectivity index (χ0n) is 34.3. The number of nitrogens with zero attached hydrogens (tertiary/aromatic N) is 7. The van der Waals surface area contributed by atoms with E-state index in [4.69, 9.17) is 9.72 Å². The maximum absolute atomic E-state index is 13.2. The van der Waals surface area contributed by atoms with Crippen LogP contribution in [0.3, 0.4) is 0 Å². The molecule has 2 aromatic carbocycles. The van der Waals surface area contributed by atoms with Gasteiger partial charge in [-0.3, -0.25) is 43.6 Å². The number of carbonyl (C=O) groups is 5. The number of aliphatic carboxylic acids is 3. The van der Waals surface area contributed by atoms with E-state index in [9.17, 15) is 39.3 Å². The fourth-order valence-electron chi connectivity index (χ4n) is 6.96. The van der Waals surface area contributed by atoms with Crippen LogP contribution in [0.25, 0.3) is 22.2 Å². The van der Waals surface area contributed by atoms with Crippen molar-refractivity contribution in [2.45, 2.75) is 0 Å². The highest BCUT2D eigenvalue weighted by molar-refractivity contribution is 6.02. The largest absolute Gasteiger partial charge is 0.494 e. The van der Waals surface area contributed by atoms with Gasteiger partial charge in [0.1, 0.15) is 5.75 Å². The van der Waals surface area contributed by atoms with Gasteiger partial charge in [0.15, 0.2) is 0 Å². The number of amides is 2. The molecule has 61 heavy (non-hydrogen) atoms. The smallest absolute Gasteiger partial charge is 0.317 e. The second-order valence-electron chi connectivity index (χ2n) is 14.4. The van der Waals surface area contributed by atoms with Crippen molar-refractivity contribution >= 4 is 63.6 Å². The van der Waals surface area contributed by atoms with Gasteiger partial charge in [-0.1, -0.05) is 24.8 Å². The first-order chi connectivity index (χ1) is 29.3. The first-order valence-electron chi connectivity index (χ1n) is 19.7. The molecule has 326 valence electrons. The number of benzene rings is 2. The predicted octanol–water partition coefficient (Wildman–Crippen LogP) is 1.52. The molecule has 0 unspecified atom stereocenters. The summed E-state index contributed by atoms with van der Waals surface area (Å²) in [6.07, 6.45) is 4.81. The van der Waals surface area contributed by atoms with E-state index in [1.54, 1.807) is 33.0 Å². The number of para-hydroxylation sites is 1. The van der Waals surface area contributed by atoms with Crippen molar-refractivity contribution in [3.05, 3.63) is 67.5 Å². The highest BCUT2D eigenvalue weighted by atomic mass is 16.5. The van der Waals surface area contributed by atoms with Gasteiger partial charge in [0.2, 0.25) is 17.8 Å². The minimum atomic E-state index is -1.04. The molecule has 1 saturated heterocycles. The van der Waals surface area contributed by atoms with Crippen LogP contribution in [-0.2, 0) is 31.0 Å². The van der Waals surface area contributed by atoms with Crippen LogP contribution in [0, 0.1) is 0 Å². The highest BCUT2D eigenvalue weighted by Gasteiger charge is 2.22. The summed E-state index contributed by atoms with van der Waals surface area (Å²) in [7, 11) is 3.48. The quantitative estimate of drug-likeness (QED) is 0.0554. The third-order valence-electron chi connectivity index (χ3n) is 9.99. The number of aryl methyl sites for hydroxylation is 1. The van der Waals surface area contributed by atoms with Crippen LogP contribution in [0.15, 0.2) is 67.5 Å². The minimum Gasteiger partial charge on any atom is -0.494 e. The van der Waals surface area contributed by atoms with E-state index in [2.05, 4.69) is 32.8 Å². The number of carbonyl (C=O) groups excluding carboxylic acids is 2. The second kappa shape index (κ2) is 22.1. The van der Waals surface area contributed by atoms with Crippen LogP contribution >= 0.6 is 0 Å². The van der Waals surface area contributed by atoms with Gasteiger partial charge in [-0.05, 0) is 24.3 Å². The van der Waals surface area contributed by atoms with Crippen molar-refractivity contribution in [3.8, 4) is 17.0 Å². The molecule has 0 saturated carbocycles. The first-order valence-corrected chi connectivity index (χ1v) is 19.7. The Morgan fingerprint density at radius 3 is 1.90 bits per heavy atom. The maximum Gasteiger partial charge on any atom is 0.317 e. The zero-order valence-corrected chi connectivity index (χ0v) is 34.3. The summed E-state index contributed by atoms with van der Waals surface area (Å²) in [4.78, 5) is 76.5. The van der Waals surface area contributed by atoms with Gasteiger partial charge in [-0.15, -0.1) is 0 Å². The van der Waals surface area contributed by atoms with Crippen LogP contribution in [0.4, 0.5) is 23.0 Å². The average molecular weight is 844 g/mol. The van der Waals surface area contributed by atoms with Crippen molar-refractivity contribution in [1.82, 2.24) is 39.5 Å². The van der Waals surface area contributed by atoms with E-state index >= 15 is 0 Å². The third-order valence-corrected chi connectivity index (χ3v) is 9.99. The summed E-state index contributed by atoms with van der Waals surface area (Å²) in [5.41, 5.74) is 4.09. The van der Waals surface area contributed by atoms with Gasteiger partial charge < -0.3 is 45.9 Å². The number of methoxy groups -OCH3 is 1. The molecule has 0 aliphatic carbocycles. The SMILES string of the molecule is C=CC(=O)Nc1cc(Nc2nccc(-c3cn(C)c4ccccc34)n2)c(OC)cc1NCCNC(=O)CN1CCN(CC(=O)O)CCN(CC(=O)O)CCN(CC(=O)O)CC1. The van der Waals surface area contributed by atoms with Crippen molar-refractivity contribution in [3.63, 3.8) is 0 Å². The summed E-state index contributed by atoms with van der Waals surface area (Å²) >= 11 is 0. The number of ether oxygens (including phenoxy) is 1. The topological polar surface area (TPSA) is 247 Å². The molecule has 0 bridgehead atoms. The zero-order chi connectivity index (χ0) is 43.9. The number of anilines is 4. The molecule has 0 spiro atoms. The lowest BCUT2D eigenvalue weighted by atomic mass is 10.1. The van der Waals surface area contributed by atoms with E-state index in [-0.39, 0.29) is 84.4 Å². The molecule has 1 aliphatic heterocycles. The fourth-order valence-corrected chi connectivity index (χ4v) is 6.96. The van der Waals surface area contributed by atoms with E-state index in [1.807, 2.05) is 53.0 Å². The Hall–Kier alpha value is -6.61. The Morgan fingerprint density at radius 2 is 1.34 bits per heavy atom. The molecule has 3 heterocycles. The summed E-state index contributed by atoms with van der Waals surface area (Å²) in [6.45, 7) is 5.46. The van der Waals surface area contributed by atoms with E-state index in [0.717, 1.165) is 22.5 Å². The van der Waals surface area contributed by atoms with Crippen molar-refractivity contribution in [2.75, 3.05) is 115 Å². The van der Waals surface area contributed by atoms with Gasteiger partial charge in [0.05, 0.1) is 56.0 Å². The van der Waals surface area contributed by atoms with Gasteiger partial charge in [-0.2, -0.15) is 0 Å². The first kappa shape index (κ1) is 45.5. The average Bonchev–Trinajstić information content (AvgIpc) is 3.56. The second-order valence-corrected chi connectivity index (χ2v) is 14.4. The third kappa shape index (κ3) is 13.7. The van der Waals surface area contributed by atoms with Gasteiger partial charge in [-0.25, -0.2) is 9.97 Å². The van der Waals surface area contributed by atoms with Crippen LogP contribution in [-0.4, -0.2) is 178 Å². The molecule has 20 nitrogen and oxygen atoms in total. The summed E-state index contributed by atoms with van der Waals surface area (Å²) < 4.78 is 7.75. The van der Waals surface area contributed by atoms with Crippen molar-refractivity contribution < 1.29 is 44.0 Å². The molecule has 7 N–H and O–H groups in total. The van der Waals surface area contributed by atoms with Crippen LogP contribution in [0.1, 0.15) is 0 Å². The molecular weight excluding hydrogens is 791 g/mol. The number of carboxylic acids is 3. The monoisotopic (exact) mass is 843 g/mol. The molecule has 2 amide bonds. The number of fused-ring (bicyclic) bond motifs is 1. The minimum absolute atomic E-state index is 0.0361. The lowest BCUT2D eigenvalue weighted by Crippen LogP contribution is -2.50. The Bertz CT molecular complexity index is 2170. The van der Waals surface area contributed by atoms with E-state index in [0.29, 0.717) is 47.5 Å². The molecule has 0 atom stereocenters. The Balaban J connectivity index is 1.24. The highest BCUT2D eigenvalue weighted by Crippen LogP contribution is 2.37. The predicted molar refractivity (Wildman–Crippen MR) is 229 cm³/mol. The number of aromatic nitrogens is 3. The summed E-state index contributed by atoms with van der Waals surface area (Å²) in [6, 6.07) is 13.2. The van der Waals surface area contributed by atoms with Gasteiger partial charge in [0.25, 0.3) is 0 Å². The number of carboxylic acid groups (broad SMARTS) is 3. The van der Waals surface area contributed by atoms with Crippen molar-refractivity contribution in [1.29, 1.82) is 0 Å². The lowest BCUT2D eigenvalue weighted by molar-refractivity contribution is -0.140. The van der Waals surface area contributed by atoms with Gasteiger partial charge >= 0.3 is 17.9 Å². The normalized spacial score (nSPS) is 14.9. The van der Waals surface area contributed by atoms with E-state index < -0.39 is 23.8 Å². The summed E-state index contributed by atoms with van der Waals surface area (Å²) in [5, 5.41) is 41.6. The molecule has 4 aromatic rings. The van der Waals surface area contributed by atoms with Crippen molar-refractivity contribution in [2.24, 2.45) is 7.05 Å². The van der Waals surface area contributed by atoms with Crippen LogP contribution < -0.4 is 26.0 Å². The molecule has 5 rings (SSSR count). The molecule has 20 heteroatoms. The molecule has 2 aromatic heterocycles. The number of hydrogen-bond donors (Lipinski definition) is 7. The summed E-state index contributed by atoms with van der Waals surface area (Å²) in [5.74, 6) is -3.14. The standard InChI is InChI=1S/C41H53N11O9/c1-4-36(53)45-32-21-33(47-41-44-10-9-30(46-41)29-23-48(2)34-8-6-5-7-28(29)34)35(61-3)22-31(32)42-11-12-43-37(54)24-49-13-15-50(25-38(55)56)17-19-52(27-40(59)60)20-18-51(16-14-49)26-39(57)58/h4-10,21-23,42H,1,11-20,24-27H2,2-3H3,(H,43,54)(H,45,53)(H,55,56)(H,57,58)(H,59,60)(H,44,46,47). The molecular formula is C41H53N11O9. The fraction of sp³-hybridized carbons (Fsp3) is 0.390. The Kier molecular flexibility index (Phi) is 16.5. The number of hydrogen-bond acceptors (Lipinski definition) is 14. The molecule has 0 radical (unpaired) electrons. The van der Waals surface area contributed by atoms with Gasteiger partial charge in [0, 0.05) is 107 Å².